The summed E-state index contributed by atoms with van der Waals surface area (Å²) in [5, 5.41) is 10.5. The molecule has 3 rings (SSSR count). The number of piperazine rings is 1. The second kappa shape index (κ2) is 11.4. The van der Waals surface area contributed by atoms with Crippen molar-refractivity contribution in [2.45, 2.75) is 19.2 Å². The van der Waals surface area contributed by atoms with Crippen LogP contribution in [-0.4, -0.2) is 86.4 Å². The van der Waals surface area contributed by atoms with E-state index < -0.39 is 6.10 Å². The van der Waals surface area contributed by atoms with Gasteiger partial charge in [0.15, 0.2) is 0 Å². The van der Waals surface area contributed by atoms with E-state index in [1.165, 1.54) is 12.1 Å². The minimum absolute atomic E-state index is 0.229. The molecule has 1 heterocycles. The standard InChI is InChI=1S/C24H34FN3O3/c1-26-10-12-28(13-11-26)17-22(29)18-31-24-14-23(30-3)9-6-20(24)16-27(2)15-19-4-7-21(25)8-5-19/h4-9,14,22,29H,10-13,15-18H2,1-3H3. The molecule has 1 saturated heterocycles. The van der Waals surface area contributed by atoms with Gasteiger partial charge in [0.1, 0.15) is 30.0 Å². The first kappa shape index (κ1) is 23.5. The molecule has 2 aromatic rings. The van der Waals surface area contributed by atoms with Gasteiger partial charge in [0.2, 0.25) is 0 Å². The molecule has 1 aliphatic heterocycles. The molecule has 31 heavy (non-hydrogen) atoms. The number of β-amino-alcohol motifs (C(OH)–C–C–N with tert-alkyl or cyclic N) is 1. The number of nitrogens with zero attached hydrogens (tertiary/aromatic N) is 3. The lowest BCUT2D eigenvalue weighted by Crippen LogP contribution is -2.47. The third-order valence-electron chi connectivity index (χ3n) is 5.58. The van der Waals surface area contributed by atoms with Crippen LogP contribution < -0.4 is 9.47 Å². The number of likely N-dealkylation sites (N-methyl/N-ethyl adjacent to an activating group) is 1. The smallest absolute Gasteiger partial charge is 0.127 e. The third kappa shape index (κ3) is 7.47. The molecule has 0 saturated carbocycles. The Morgan fingerprint density at radius 2 is 1.77 bits per heavy atom. The Morgan fingerprint density at radius 3 is 2.45 bits per heavy atom. The van der Waals surface area contributed by atoms with Crippen LogP contribution in [0.25, 0.3) is 0 Å². The van der Waals surface area contributed by atoms with E-state index in [-0.39, 0.29) is 12.4 Å². The van der Waals surface area contributed by atoms with Crippen LogP contribution in [0, 0.1) is 5.82 Å². The maximum atomic E-state index is 13.1. The van der Waals surface area contributed by atoms with Crippen LogP contribution in [0.15, 0.2) is 42.5 Å². The molecule has 0 bridgehead atoms. The van der Waals surface area contributed by atoms with Crippen LogP contribution in [0.5, 0.6) is 11.5 Å². The molecule has 6 nitrogen and oxygen atoms in total. The van der Waals surface area contributed by atoms with Crippen LogP contribution in [0.4, 0.5) is 4.39 Å². The van der Waals surface area contributed by atoms with Gasteiger partial charge in [-0.2, -0.15) is 0 Å². The van der Waals surface area contributed by atoms with E-state index in [2.05, 4.69) is 21.7 Å². The Kier molecular flexibility index (Phi) is 8.66. The van der Waals surface area contributed by atoms with E-state index >= 15 is 0 Å². The van der Waals surface area contributed by atoms with Crippen LogP contribution in [0.3, 0.4) is 0 Å². The highest BCUT2D eigenvalue weighted by Gasteiger charge is 2.18. The third-order valence-corrected chi connectivity index (χ3v) is 5.58. The van der Waals surface area contributed by atoms with Gasteiger partial charge in [0.25, 0.3) is 0 Å². The lowest BCUT2D eigenvalue weighted by Gasteiger charge is -2.33. The molecule has 1 fully saturated rings. The van der Waals surface area contributed by atoms with Gasteiger partial charge in [0, 0.05) is 57.4 Å². The molecule has 170 valence electrons. The van der Waals surface area contributed by atoms with Gasteiger partial charge in [-0.05, 0) is 37.9 Å². The zero-order valence-corrected chi connectivity index (χ0v) is 18.8. The van der Waals surface area contributed by atoms with Gasteiger partial charge in [-0.25, -0.2) is 4.39 Å². The summed E-state index contributed by atoms with van der Waals surface area (Å²) in [7, 11) is 5.76. The van der Waals surface area contributed by atoms with E-state index in [4.69, 9.17) is 9.47 Å². The summed E-state index contributed by atoms with van der Waals surface area (Å²) in [6.45, 7) is 6.16. The summed E-state index contributed by atoms with van der Waals surface area (Å²) in [4.78, 5) is 6.71. The molecule has 0 aliphatic carbocycles. The first-order chi connectivity index (χ1) is 14.9. The number of benzene rings is 2. The van der Waals surface area contributed by atoms with Gasteiger partial charge >= 0.3 is 0 Å². The quantitative estimate of drug-likeness (QED) is 0.624. The Bertz CT molecular complexity index is 810. The predicted octanol–water partition coefficient (Wildman–Crippen LogP) is 2.45. The molecule has 1 atom stereocenters. The minimum atomic E-state index is -0.556. The molecule has 0 aromatic heterocycles. The average Bonchev–Trinajstić information content (AvgIpc) is 2.76. The first-order valence-corrected chi connectivity index (χ1v) is 10.7. The highest BCUT2D eigenvalue weighted by atomic mass is 19.1. The average molecular weight is 432 g/mol. The number of hydrogen-bond donors (Lipinski definition) is 1. The van der Waals surface area contributed by atoms with Gasteiger partial charge < -0.3 is 19.5 Å². The van der Waals surface area contributed by atoms with Crippen LogP contribution >= 0.6 is 0 Å². The fourth-order valence-corrected chi connectivity index (χ4v) is 3.74. The number of hydrogen-bond acceptors (Lipinski definition) is 6. The fraction of sp³-hybridized carbons (Fsp3) is 0.500. The maximum Gasteiger partial charge on any atom is 0.127 e. The topological polar surface area (TPSA) is 48.4 Å². The van der Waals surface area contributed by atoms with Crippen molar-refractivity contribution in [2.75, 3.05) is 60.5 Å². The zero-order chi connectivity index (χ0) is 22.2. The van der Waals surface area contributed by atoms with Gasteiger partial charge in [0.05, 0.1) is 7.11 Å². The van der Waals surface area contributed by atoms with E-state index in [9.17, 15) is 9.50 Å². The van der Waals surface area contributed by atoms with E-state index in [0.717, 1.165) is 37.3 Å². The van der Waals surface area contributed by atoms with E-state index in [0.29, 0.717) is 31.1 Å². The lowest BCUT2D eigenvalue weighted by molar-refractivity contribution is 0.0500. The molecule has 7 heteroatoms. The second-order valence-corrected chi connectivity index (χ2v) is 8.34. The monoisotopic (exact) mass is 431 g/mol. The summed E-state index contributed by atoms with van der Waals surface area (Å²) >= 11 is 0. The minimum Gasteiger partial charge on any atom is -0.497 e. The molecule has 0 spiro atoms. The largest absolute Gasteiger partial charge is 0.497 e. The molecular weight excluding hydrogens is 397 g/mol. The van der Waals surface area contributed by atoms with Crippen LogP contribution in [0.2, 0.25) is 0 Å². The number of rotatable bonds is 10. The Morgan fingerprint density at radius 1 is 1.06 bits per heavy atom. The summed E-state index contributed by atoms with van der Waals surface area (Å²) < 4.78 is 24.5. The molecule has 1 aliphatic rings. The molecule has 2 aromatic carbocycles. The lowest BCUT2D eigenvalue weighted by atomic mass is 10.1. The number of methoxy groups -OCH3 is 1. The summed E-state index contributed by atoms with van der Waals surface area (Å²) in [5.74, 6) is 1.20. The van der Waals surface area contributed by atoms with Crippen LogP contribution in [0.1, 0.15) is 11.1 Å². The highest BCUT2D eigenvalue weighted by Crippen LogP contribution is 2.26. The fourth-order valence-electron chi connectivity index (χ4n) is 3.74. The van der Waals surface area contributed by atoms with Crippen molar-refractivity contribution in [3.8, 4) is 11.5 Å². The highest BCUT2D eigenvalue weighted by molar-refractivity contribution is 5.40. The summed E-state index contributed by atoms with van der Waals surface area (Å²) in [6.07, 6.45) is -0.556. The van der Waals surface area contributed by atoms with Crippen molar-refractivity contribution >= 4 is 0 Å². The number of halogens is 1. The van der Waals surface area contributed by atoms with Crippen molar-refractivity contribution in [1.29, 1.82) is 0 Å². The van der Waals surface area contributed by atoms with E-state index in [1.54, 1.807) is 19.2 Å². The van der Waals surface area contributed by atoms with Crippen molar-refractivity contribution < 1.29 is 19.0 Å². The summed E-state index contributed by atoms with van der Waals surface area (Å²) in [5.41, 5.74) is 2.06. The van der Waals surface area contributed by atoms with Crippen molar-refractivity contribution in [3.05, 3.63) is 59.4 Å². The number of ether oxygens (including phenoxy) is 2. The summed E-state index contributed by atoms with van der Waals surface area (Å²) in [6, 6.07) is 12.3. The number of aliphatic hydroxyl groups excluding tert-OH is 1. The van der Waals surface area contributed by atoms with Crippen LogP contribution in [-0.2, 0) is 13.1 Å². The van der Waals surface area contributed by atoms with Gasteiger partial charge in [-0.1, -0.05) is 18.2 Å². The van der Waals surface area contributed by atoms with Crippen molar-refractivity contribution in [2.24, 2.45) is 0 Å². The van der Waals surface area contributed by atoms with Crippen molar-refractivity contribution in [3.63, 3.8) is 0 Å². The number of aliphatic hydroxyl groups is 1. The van der Waals surface area contributed by atoms with Gasteiger partial charge in [-0.3, -0.25) is 9.80 Å². The molecule has 0 radical (unpaired) electrons. The molecule has 0 amide bonds. The van der Waals surface area contributed by atoms with Gasteiger partial charge in [-0.15, -0.1) is 0 Å². The Balaban J connectivity index is 1.57. The SMILES string of the molecule is COc1ccc(CN(C)Cc2ccc(F)cc2)c(OCC(O)CN2CCN(C)CC2)c1. The maximum absolute atomic E-state index is 13.1. The molecule has 1 unspecified atom stereocenters. The molecular formula is C24H34FN3O3. The Hall–Kier alpha value is -2.19. The second-order valence-electron chi connectivity index (χ2n) is 8.34. The zero-order valence-electron chi connectivity index (χ0n) is 18.8. The molecule has 1 N–H and O–H groups in total. The van der Waals surface area contributed by atoms with E-state index in [1.807, 2.05) is 25.2 Å². The first-order valence-electron chi connectivity index (χ1n) is 10.7. The Labute approximate surface area is 184 Å². The van der Waals surface area contributed by atoms with Crippen molar-refractivity contribution in [1.82, 2.24) is 14.7 Å². The predicted molar refractivity (Wildman–Crippen MR) is 120 cm³/mol. The normalized spacial score (nSPS) is 16.5.